The van der Waals surface area contributed by atoms with Gasteiger partial charge in [-0.05, 0) is 19.1 Å². The van der Waals surface area contributed by atoms with Crippen LogP contribution in [0.25, 0.3) is 0 Å². The molecule has 1 aliphatic rings. The average molecular weight is 223 g/mol. The number of benzene rings is 1. The predicted molar refractivity (Wildman–Crippen MR) is 61.0 cm³/mol. The lowest BCUT2D eigenvalue weighted by Crippen LogP contribution is -2.33. The number of hydrogen-bond acceptors (Lipinski definition) is 4. The molecule has 0 spiro atoms. The van der Waals surface area contributed by atoms with E-state index in [4.69, 9.17) is 9.47 Å². The van der Waals surface area contributed by atoms with Crippen LogP contribution in [-0.4, -0.2) is 31.9 Å². The predicted octanol–water partition coefficient (Wildman–Crippen LogP) is 1.37. The fourth-order valence-corrected chi connectivity index (χ4v) is 1.95. The highest BCUT2D eigenvalue weighted by atomic mass is 16.5. The molecule has 1 fully saturated rings. The van der Waals surface area contributed by atoms with Crippen molar-refractivity contribution in [3.63, 3.8) is 0 Å². The number of nitrogens with one attached hydrogen (secondary N) is 1. The van der Waals surface area contributed by atoms with Gasteiger partial charge in [0.15, 0.2) is 0 Å². The number of phenolic OH excluding ortho intramolecular Hbond substituents is 1. The summed E-state index contributed by atoms with van der Waals surface area (Å²) in [7, 11) is 1.60. The third-order valence-corrected chi connectivity index (χ3v) is 2.91. The molecule has 16 heavy (non-hydrogen) atoms. The molecule has 2 N–H and O–H groups in total. The van der Waals surface area contributed by atoms with Gasteiger partial charge in [-0.25, -0.2) is 0 Å². The number of aromatic hydroxyl groups is 1. The molecule has 0 aliphatic carbocycles. The van der Waals surface area contributed by atoms with Gasteiger partial charge in [0.05, 0.1) is 19.8 Å². The van der Waals surface area contributed by atoms with E-state index >= 15 is 0 Å². The quantitative estimate of drug-likeness (QED) is 0.795. The summed E-state index contributed by atoms with van der Waals surface area (Å²) >= 11 is 0. The molecular formula is C12H17NO3. The van der Waals surface area contributed by atoms with Crippen molar-refractivity contribution < 1.29 is 14.6 Å². The van der Waals surface area contributed by atoms with Crippen LogP contribution in [0.4, 0.5) is 0 Å². The van der Waals surface area contributed by atoms with Crippen LogP contribution in [0.3, 0.4) is 0 Å². The molecule has 1 aliphatic heterocycles. The fraction of sp³-hybridized carbons (Fsp3) is 0.500. The van der Waals surface area contributed by atoms with Crippen molar-refractivity contribution in [2.24, 2.45) is 0 Å². The van der Waals surface area contributed by atoms with Gasteiger partial charge in [0.1, 0.15) is 11.5 Å². The van der Waals surface area contributed by atoms with Gasteiger partial charge >= 0.3 is 0 Å². The number of hydrogen-bond donors (Lipinski definition) is 2. The first-order chi connectivity index (χ1) is 7.74. The second-order valence-electron chi connectivity index (χ2n) is 3.89. The Bertz CT molecular complexity index is 373. The molecule has 1 aromatic carbocycles. The van der Waals surface area contributed by atoms with Crippen LogP contribution in [0, 0.1) is 6.92 Å². The van der Waals surface area contributed by atoms with Gasteiger partial charge in [-0.15, -0.1) is 0 Å². The summed E-state index contributed by atoms with van der Waals surface area (Å²) in [5.74, 6) is 0.970. The van der Waals surface area contributed by atoms with E-state index in [9.17, 15) is 5.11 Å². The third-order valence-electron chi connectivity index (χ3n) is 2.91. The lowest BCUT2D eigenvalue weighted by Gasteiger charge is -2.25. The number of methoxy groups -OCH3 is 1. The first-order valence-corrected chi connectivity index (χ1v) is 5.43. The molecule has 1 atom stereocenters. The first-order valence-electron chi connectivity index (χ1n) is 5.43. The Morgan fingerprint density at radius 1 is 1.50 bits per heavy atom. The van der Waals surface area contributed by atoms with Crippen LogP contribution in [-0.2, 0) is 4.74 Å². The Balaban J connectivity index is 2.30. The van der Waals surface area contributed by atoms with E-state index in [2.05, 4.69) is 5.32 Å². The van der Waals surface area contributed by atoms with Gasteiger partial charge in [0.2, 0.25) is 0 Å². The lowest BCUT2D eigenvalue weighted by atomic mass is 10.0. The van der Waals surface area contributed by atoms with E-state index in [-0.39, 0.29) is 11.9 Å². The molecule has 4 nitrogen and oxygen atoms in total. The average Bonchev–Trinajstić information content (AvgIpc) is 2.34. The van der Waals surface area contributed by atoms with Crippen molar-refractivity contribution in [2.75, 3.05) is 26.8 Å². The van der Waals surface area contributed by atoms with Gasteiger partial charge in [-0.1, -0.05) is 0 Å². The van der Waals surface area contributed by atoms with E-state index in [1.807, 2.05) is 19.1 Å². The maximum absolute atomic E-state index is 10.1. The Kier molecular flexibility index (Phi) is 3.31. The number of rotatable bonds is 2. The summed E-state index contributed by atoms with van der Waals surface area (Å²) in [6, 6.07) is 3.72. The summed E-state index contributed by atoms with van der Waals surface area (Å²) in [5, 5.41) is 13.3. The molecule has 1 unspecified atom stereocenters. The summed E-state index contributed by atoms with van der Waals surface area (Å²) < 4.78 is 10.8. The molecule has 1 saturated heterocycles. The highest BCUT2D eigenvalue weighted by Crippen LogP contribution is 2.35. The molecule has 88 valence electrons. The molecule has 4 heteroatoms. The Morgan fingerprint density at radius 3 is 2.94 bits per heavy atom. The maximum Gasteiger partial charge on any atom is 0.128 e. The van der Waals surface area contributed by atoms with Crippen molar-refractivity contribution in [1.29, 1.82) is 0 Å². The van der Waals surface area contributed by atoms with Gasteiger partial charge in [-0.2, -0.15) is 0 Å². The number of ether oxygens (including phenoxy) is 2. The van der Waals surface area contributed by atoms with Crippen LogP contribution in [0.5, 0.6) is 11.5 Å². The summed E-state index contributed by atoms with van der Waals surface area (Å²) in [4.78, 5) is 0. The van der Waals surface area contributed by atoms with Crippen LogP contribution in [0.15, 0.2) is 12.1 Å². The van der Waals surface area contributed by atoms with Crippen molar-refractivity contribution >= 4 is 0 Å². The van der Waals surface area contributed by atoms with E-state index in [1.165, 1.54) is 0 Å². The van der Waals surface area contributed by atoms with Crippen LogP contribution < -0.4 is 10.1 Å². The Labute approximate surface area is 95.2 Å². The Morgan fingerprint density at radius 2 is 2.31 bits per heavy atom. The molecule has 2 rings (SSSR count). The summed E-state index contributed by atoms with van der Waals surface area (Å²) in [6.45, 7) is 4.12. The minimum Gasteiger partial charge on any atom is -0.507 e. The zero-order valence-corrected chi connectivity index (χ0v) is 9.62. The summed E-state index contributed by atoms with van der Waals surface area (Å²) in [6.07, 6.45) is -0.0710. The van der Waals surface area contributed by atoms with Crippen molar-refractivity contribution in [1.82, 2.24) is 5.32 Å². The smallest absolute Gasteiger partial charge is 0.128 e. The molecule has 0 bridgehead atoms. The summed E-state index contributed by atoms with van der Waals surface area (Å²) in [5.41, 5.74) is 1.58. The normalized spacial score (nSPS) is 20.8. The molecule has 1 aromatic rings. The van der Waals surface area contributed by atoms with Crippen LogP contribution >= 0.6 is 0 Å². The van der Waals surface area contributed by atoms with Crippen molar-refractivity contribution in [3.05, 3.63) is 23.3 Å². The minimum absolute atomic E-state index is 0.0710. The zero-order chi connectivity index (χ0) is 11.5. The van der Waals surface area contributed by atoms with Gasteiger partial charge in [0.25, 0.3) is 0 Å². The minimum atomic E-state index is -0.0710. The zero-order valence-electron chi connectivity index (χ0n) is 9.62. The molecule has 1 heterocycles. The number of phenols is 1. The second-order valence-corrected chi connectivity index (χ2v) is 3.89. The highest BCUT2D eigenvalue weighted by Gasteiger charge is 2.21. The van der Waals surface area contributed by atoms with E-state index in [0.29, 0.717) is 12.4 Å². The monoisotopic (exact) mass is 223 g/mol. The van der Waals surface area contributed by atoms with E-state index in [1.54, 1.807) is 7.11 Å². The van der Waals surface area contributed by atoms with Crippen molar-refractivity contribution in [3.8, 4) is 11.5 Å². The maximum atomic E-state index is 10.1. The fourth-order valence-electron chi connectivity index (χ4n) is 1.95. The highest BCUT2D eigenvalue weighted by molar-refractivity contribution is 5.49. The van der Waals surface area contributed by atoms with Crippen LogP contribution in [0.2, 0.25) is 0 Å². The largest absolute Gasteiger partial charge is 0.507 e. The lowest BCUT2D eigenvalue weighted by molar-refractivity contribution is 0.0262. The van der Waals surface area contributed by atoms with Gasteiger partial charge in [-0.3, -0.25) is 0 Å². The van der Waals surface area contributed by atoms with Crippen LogP contribution in [0.1, 0.15) is 17.2 Å². The molecular weight excluding hydrogens is 206 g/mol. The van der Waals surface area contributed by atoms with E-state index in [0.717, 1.165) is 24.2 Å². The molecule has 0 amide bonds. The Hall–Kier alpha value is -1.26. The van der Waals surface area contributed by atoms with Gasteiger partial charge < -0.3 is 19.9 Å². The topological polar surface area (TPSA) is 50.7 Å². The second kappa shape index (κ2) is 4.72. The van der Waals surface area contributed by atoms with Gasteiger partial charge in [0, 0.05) is 24.2 Å². The molecule has 0 aromatic heterocycles. The number of morpholine rings is 1. The SMILES string of the molecule is COc1ccc(C2CNCCO2)c(O)c1C. The van der Waals surface area contributed by atoms with E-state index < -0.39 is 0 Å². The molecule has 0 saturated carbocycles. The first kappa shape index (κ1) is 11.2. The van der Waals surface area contributed by atoms with Crippen molar-refractivity contribution in [2.45, 2.75) is 13.0 Å². The third kappa shape index (κ3) is 1.99. The molecule has 0 radical (unpaired) electrons. The standard InChI is InChI=1S/C12H17NO3/c1-8-10(15-2)4-3-9(12(8)14)11-7-13-5-6-16-11/h3-4,11,13-14H,5-7H2,1-2H3.